The average molecular weight is 464 g/mol. The summed E-state index contributed by atoms with van der Waals surface area (Å²) < 4.78 is 5.60. The summed E-state index contributed by atoms with van der Waals surface area (Å²) >= 11 is 0. The third-order valence-corrected chi connectivity index (χ3v) is 6.53. The van der Waals surface area contributed by atoms with Gasteiger partial charge in [-0.3, -0.25) is 14.5 Å². The van der Waals surface area contributed by atoms with Crippen LogP contribution in [0.25, 0.3) is 16.5 Å². The molecular weight excluding hydrogens is 438 g/mol. The zero-order valence-electron chi connectivity index (χ0n) is 19.8. The lowest BCUT2D eigenvalue weighted by atomic mass is 9.93. The van der Waals surface area contributed by atoms with Crippen LogP contribution in [0.1, 0.15) is 28.3 Å². The molecule has 5 rings (SSSR count). The Kier molecular flexibility index (Phi) is 5.61. The van der Waals surface area contributed by atoms with E-state index in [1.807, 2.05) is 86.6 Å². The van der Waals surface area contributed by atoms with Crippen LogP contribution in [0.4, 0.5) is 5.69 Å². The van der Waals surface area contributed by atoms with Gasteiger partial charge in [0.2, 0.25) is 0 Å². The van der Waals surface area contributed by atoms with E-state index in [0.29, 0.717) is 22.6 Å². The molecule has 1 aliphatic heterocycles. The summed E-state index contributed by atoms with van der Waals surface area (Å²) in [7, 11) is 1.55. The second kappa shape index (κ2) is 8.76. The van der Waals surface area contributed by atoms with Crippen molar-refractivity contribution in [3.63, 3.8) is 0 Å². The van der Waals surface area contributed by atoms with Gasteiger partial charge in [-0.2, -0.15) is 0 Å². The van der Waals surface area contributed by atoms with Gasteiger partial charge in [0.05, 0.1) is 18.7 Å². The molecule has 1 amide bonds. The normalized spacial score (nSPS) is 17.2. The van der Waals surface area contributed by atoms with Crippen LogP contribution in [0.5, 0.6) is 5.75 Å². The van der Waals surface area contributed by atoms with E-state index in [1.54, 1.807) is 19.2 Å². The topological polar surface area (TPSA) is 66.8 Å². The summed E-state index contributed by atoms with van der Waals surface area (Å²) in [5, 5.41) is 13.4. The number of anilines is 1. The highest BCUT2D eigenvalue weighted by atomic mass is 16.5. The number of aliphatic hydroxyl groups excluding tert-OH is 1. The summed E-state index contributed by atoms with van der Waals surface area (Å²) in [5.74, 6) is -1.10. The number of aryl methyl sites for hydroxylation is 2. The maximum Gasteiger partial charge on any atom is 0.300 e. The van der Waals surface area contributed by atoms with Gasteiger partial charge in [-0.25, -0.2) is 0 Å². The standard InChI is InChI=1S/C30H25NO4/c1-18-12-13-19(2)24(16-18)31-27(23-10-6-7-11-25(23)35-3)26(29(33)30(31)34)28(32)22-15-14-20-8-4-5-9-21(20)17-22/h4-17,27,32H,1-3H3/b28-26+. The highest BCUT2D eigenvalue weighted by molar-refractivity contribution is 6.51. The van der Waals surface area contributed by atoms with E-state index >= 15 is 0 Å². The molecule has 174 valence electrons. The Labute approximate surface area is 203 Å². The number of aliphatic hydroxyl groups is 1. The van der Waals surface area contributed by atoms with E-state index < -0.39 is 17.7 Å². The number of nitrogens with zero attached hydrogens (tertiary/aromatic N) is 1. The summed E-state index contributed by atoms with van der Waals surface area (Å²) in [6.45, 7) is 3.84. The monoisotopic (exact) mass is 463 g/mol. The molecular formula is C30H25NO4. The third kappa shape index (κ3) is 3.75. The number of hydrogen-bond acceptors (Lipinski definition) is 4. The van der Waals surface area contributed by atoms with Crippen LogP contribution in [-0.2, 0) is 9.59 Å². The van der Waals surface area contributed by atoms with E-state index in [-0.39, 0.29) is 11.3 Å². The molecule has 1 N–H and O–H groups in total. The highest BCUT2D eigenvalue weighted by Crippen LogP contribution is 2.45. The Morgan fingerprint density at radius 3 is 2.34 bits per heavy atom. The molecule has 4 aromatic carbocycles. The van der Waals surface area contributed by atoms with Crippen molar-refractivity contribution in [2.24, 2.45) is 0 Å². The number of para-hydroxylation sites is 1. The number of carbonyl (C=O) groups is 2. The van der Waals surface area contributed by atoms with Crippen molar-refractivity contribution >= 4 is 33.9 Å². The fourth-order valence-electron chi connectivity index (χ4n) is 4.74. The Morgan fingerprint density at radius 2 is 1.57 bits per heavy atom. The van der Waals surface area contributed by atoms with Crippen LogP contribution < -0.4 is 9.64 Å². The van der Waals surface area contributed by atoms with Gasteiger partial charge in [-0.05, 0) is 53.9 Å². The Morgan fingerprint density at radius 1 is 0.857 bits per heavy atom. The zero-order valence-corrected chi connectivity index (χ0v) is 19.8. The molecule has 35 heavy (non-hydrogen) atoms. The van der Waals surface area contributed by atoms with Crippen LogP contribution in [0.2, 0.25) is 0 Å². The second-order valence-corrected chi connectivity index (χ2v) is 8.76. The first-order chi connectivity index (χ1) is 16.9. The minimum absolute atomic E-state index is 0.0377. The number of rotatable bonds is 4. The van der Waals surface area contributed by atoms with Gasteiger partial charge >= 0.3 is 0 Å². The van der Waals surface area contributed by atoms with E-state index in [4.69, 9.17) is 4.74 Å². The molecule has 0 aliphatic carbocycles. The predicted octanol–water partition coefficient (Wildman–Crippen LogP) is 6.09. The number of amides is 1. The van der Waals surface area contributed by atoms with Crippen molar-refractivity contribution in [3.8, 4) is 5.75 Å². The number of fused-ring (bicyclic) bond motifs is 1. The van der Waals surface area contributed by atoms with Gasteiger partial charge in [-0.1, -0.05) is 66.7 Å². The summed E-state index contributed by atoms with van der Waals surface area (Å²) in [6, 6.07) is 25.5. The first-order valence-corrected chi connectivity index (χ1v) is 11.4. The summed E-state index contributed by atoms with van der Waals surface area (Å²) in [4.78, 5) is 28.5. The van der Waals surface area contributed by atoms with Gasteiger partial charge in [0.15, 0.2) is 0 Å². The van der Waals surface area contributed by atoms with Gasteiger partial charge in [0.25, 0.3) is 11.7 Å². The van der Waals surface area contributed by atoms with Crippen LogP contribution in [0.3, 0.4) is 0 Å². The average Bonchev–Trinajstić information content (AvgIpc) is 3.14. The minimum atomic E-state index is -0.849. The van der Waals surface area contributed by atoms with Crippen molar-refractivity contribution in [1.82, 2.24) is 0 Å². The van der Waals surface area contributed by atoms with Gasteiger partial charge in [0.1, 0.15) is 11.5 Å². The first kappa shape index (κ1) is 22.4. The van der Waals surface area contributed by atoms with Gasteiger partial charge in [0, 0.05) is 16.8 Å². The SMILES string of the molecule is COc1ccccc1C1/C(=C(\O)c2ccc3ccccc3c2)C(=O)C(=O)N1c1cc(C)ccc1C. The highest BCUT2D eigenvalue weighted by Gasteiger charge is 2.48. The maximum atomic E-state index is 13.5. The number of Topliss-reactive ketones (excluding diaryl/α,β-unsaturated/α-hetero) is 1. The first-order valence-electron chi connectivity index (χ1n) is 11.4. The number of ketones is 1. The molecule has 1 atom stereocenters. The molecule has 1 unspecified atom stereocenters. The van der Waals surface area contributed by atoms with E-state index in [0.717, 1.165) is 21.9 Å². The lowest BCUT2D eigenvalue weighted by molar-refractivity contribution is -0.132. The lowest BCUT2D eigenvalue weighted by Gasteiger charge is -2.28. The zero-order chi connectivity index (χ0) is 24.7. The molecule has 1 saturated heterocycles. The Balaban J connectivity index is 1.79. The smallest absolute Gasteiger partial charge is 0.300 e. The van der Waals surface area contributed by atoms with E-state index in [9.17, 15) is 14.7 Å². The van der Waals surface area contributed by atoms with Crippen molar-refractivity contribution in [2.75, 3.05) is 12.0 Å². The largest absolute Gasteiger partial charge is 0.507 e. The van der Waals surface area contributed by atoms with Crippen molar-refractivity contribution in [3.05, 3.63) is 113 Å². The molecule has 0 aromatic heterocycles. The number of benzene rings is 4. The van der Waals surface area contributed by atoms with Gasteiger partial charge in [-0.15, -0.1) is 0 Å². The molecule has 5 nitrogen and oxygen atoms in total. The van der Waals surface area contributed by atoms with E-state index in [1.165, 1.54) is 4.90 Å². The molecule has 0 bridgehead atoms. The molecule has 5 heteroatoms. The number of ether oxygens (including phenoxy) is 1. The van der Waals surface area contributed by atoms with Crippen LogP contribution in [-0.4, -0.2) is 23.9 Å². The lowest BCUT2D eigenvalue weighted by Crippen LogP contribution is -2.30. The van der Waals surface area contributed by atoms with Crippen LogP contribution >= 0.6 is 0 Å². The second-order valence-electron chi connectivity index (χ2n) is 8.76. The Hall–Kier alpha value is -4.38. The number of methoxy groups -OCH3 is 1. The predicted molar refractivity (Wildman–Crippen MR) is 138 cm³/mol. The van der Waals surface area contributed by atoms with Crippen molar-refractivity contribution in [2.45, 2.75) is 19.9 Å². The van der Waals surface area contributed by atoms with Crippen LogP contribution in [0.15, 0.2) is 90.5 Å². The summed E-state index contributed by atoms with van der Waals surface area (Å²) in [6.07, 6.45) is 0. The molecule has 0 radical (unpaired) electrons. The molecule has 1 fully saturated rings. The molecule has 0 saturated carbocycles. The van der Waals surface area contributed by atoms with Crippen LogP contribution in [0, 0.1) is 13.8 Å². The summed E-state index contributed by atoms with van der Waals surface area (Å²) in [5.41, 5.74) is 3.57. The number of carbonyl (C=O) groups excluding carboxylic acids is 2. The molecule has 4 aromatic rings. The molecule has 1 heterocycles. The Bertz CT molecular complexity index is 1520. The molecule has 1 aliphatic rings. The van der Waals surface area contributed by atoms with Crippen molar-refractivity contribution in [1.29, 1.82) is 0 Å². The maximum absolute atomic E-state index is 13.5. The third-order valence-electron chi connectivity index (χ3n) is 6.53. The quantitative estimate of drug-likeness (QED) is 0.226. The number of hydrogen-bond donors (Lipinski definition) is 1. The van der Waals surface area contributed by atoms with Gasteiger partial charge < -0.3 is 9.84 Å². The van der Waals surface area contributed by atoms with E-state index in [2.05, 4.69) is 0 Å². The minimum Gasteiger partial charge on any atom is -0.507 e. The fourth-order valence-corrected chi connectivity index (χ4v) is 4.74. The fraction of sp³-hybridized carbons (Fsp3) is 0.133. The molecule has 0 spiro atoms. The van der Waals surface area contributed by atoms with Crippen molar-refractivity contribution < 1.29 is 19.4 Å².